The van der Waals surface area contributed by atoms with Crippen molar-refractivity contribution in [1.29, 1.82) is 0 Å². The van der Waals surface area contributed by atoms with Gasteiger partial charge in [0.25, 0.3) is 0 Å². The summed E-state index contributed by atoms with van der Waals surface area (Å²) in [6.07, 6.45) is 2.78. The van der Waals surface area contributed by atoms with E-state index in [0.717, 1.165) is 48.1 Å². The highest BCUT2D eigenvalue weighted by Gasteiger charge is 2.26. The van der Waals surface area contributed by atoms with E-state index in [0.29, 0.717) is 5.95 Å². The van der Waals surface area contributed by atoms with Gasteiger partial charge in [-0.2, -0.15) is 4.98 Å². The van der Waals surface area contributed by atoms with Crippen molar-refractivity contribution in [3.63, 3.8) is 0 Å². The minimum atomic E-state index is -0.0403. The van der Waals surface area contributed by atoms with Crippen molar-refractivity contribution in [3.05, 3.63) is 66.4 Å². The molecule has 8 heteroatoms. The van der Waals surface area contributed by atoms with Crippen molar-refractivity contribution < 1.29 is 14.3 Å². The van der Waals surface area contributed by atoms with E-state index in [2.05, 4.69) is 15.2 Å². The molecule has 0 unspecified atom stereocenters. The fourth-order valence-corrected chi connectivity index (χ4v) is 4.06. The van der Waals surface area contributed by atoms with Crippen LogP contribution < -0.4 is 24.6 Å². The minimum Gasteiger partial charge on any atom is -0.497 e. The second-order valence-corrected chi connectivity index (χ2v) is 8.44. The SMILES string of the molecule is COc1cccc(N(C)c2nccc(N3CC[C@@H](Oc4ccc([C@H](C)NC(C)=O)cc4)C3)n2)c1. The third-order valence-corrected chi connectivity index (χ3v) is 5.94. The Morgan fingerprint density at radius 1 is 1.18 bits per heavy atom. The van der Waals surface area contributed by atoms with Crippen molar-refractivity contribution in [2.45, 2.75) is 32.4 Å². The Morgan fingerprint density at radius 2 is 1.97 bits per heavy atom. The van der Waals surface area contributed by atoms with E-state index in [1.54, 1.807) is 13.3 Å². The van der Waals surface area contributed by atoms with E-state index < -0.39 is 0 Å². The first-order valence-corrected chi connectivity index (χ1v) is 11.4. The highest BCUT2D eigenvalue weighted by molar-refractivity contribution is 5.73. The highest BCUT2D eigenvalue weighted by atomic mass is 16.5. The predicted octanol–water partition coefficient (Wildman–Crippen LogP) is 4.11. The van der Waals surface area contributed by atoms with Gasteiger partial charge in [0.15, 0.2) is 0 Å². The second-order valence-electron chi connectivity index (χ2n) is 8.44. The lowest BCUT2D eigenvalue weighted by molar-refractivity contribution is -0.119. The summed E-state index contributed by atoms with van der Waals surface area (Å²) in [5, 5.41) is 2.90. The number of rotatable bonds is 8. The molecule has 2 aromatic carbocycles. The van der Waals surface area contributed by atoms with Crippen LogP contribution in [0.1, 0.15) is 31.9 Å². The standard InChI is InChI=1S/C26H31N5O3/c1-18(28-19(2)32)20-8-10-22(11-9-20)34-24-13-15-31(17-24)25-12-14-27-26(29-25)30(3)21-6-5-7-23(16-21)33-4/h5-12,14,16,18,24H,13,15,17H2,1-4H3,(H,28,32)/t18-,24+/m0/s1. The van der Waals surface area contributed by atoms with E-state index in [-0.39, 0.29) is 18.1 Å². The molecule has 0 spiro atoms. The van der Waals surface area contributed by atoms with Crippen molar-refractivity contribution in [3.8, 4) is 11.5 Å². The topological polar surface area (TPSA) is 79.8 Å². The number of carbonyl (C=O) groups is 1. The van der Waals surface area contributed by atoms with Gasteiger partial charge in [-0.25, -0.2) is 4.98 Å². The number of nitrogens with one attached hydrogen (secondary N) is 1. The van der Waals surface area contributed by atoms with Gasteiger partial charge in [-0.1, -0.05) is 18.2 Å². The zero-order valence-electron chi connectivity index (χ0n) is 20.1. The molecule has 3 aromatic rings. The third-order valence-electron chi connectivity index (χ3n) is 5.94. The molecule has 1 fully saturated rings. The lowest BCUT2D eigenvalue weighted by atomic mass is 10.1. The smallest absolute Gasteiger partial charge is 0.231 e. The molecule has 0 aliphatic carbocycles. The monoisotopic (exact) mass is 461 g/mol. The lowest BCUT2D eigenvalue weighted by Gasteiger charge is -2.22. The summed E-state index contributed by atoms with van der Waals surface area (Å²) >= 11 is 0. The summed E-state index contributed by atoms with van der Waals surface area (Å²) in [7, 11) is 3.60. The summed E-state index contributed by atoms with van der Waals surface area (Å²) in [4.78, 5) is 24.7. The number of carbonyl (C=O) groups excluding carboxylic acids is 1. The molecule has 8 nitrogen and oxygen atoms in total. The van der Waals surface area contributed by atoms with Gasteiger partial charge in [0.05, 0.1) is 19.7 Å². The van der Waals surface area contributed by atoms with Crippen LogP contribution in [0.2, 0.25) is 0 Å². The lowest BCUT2D eigenvalue weighted by Crippen LogP contribution is -2.26. The number of ether oxygens (including phenoxy) is 2. The van der Waals surface area contributed by atoms with Crippen LogP contribution in [0.25, 0.3) is 0 Å². The van der Waals surface area contributed by atoms with Crippen LogP contribution in [0.3, 0.4) is 0 Å². The molecule has 0 saturated carbocycles. The zero-order valence-corrected chi connectivity index (χ0v) is 20.1. The molecule has 1 amide bonds. The van der Waals surface area contributed by atoms with Crippen LogP contribution in [-0.2, 0) is 4.79 Å². The van der Waals surface area contributed by atoms with E-state index in [9.17, 15) is 4.79 Å². The van der Waals surface area contributed by atoms with Gasteiger partial charge < -0.3 is 24.6 Å². The molecule has 1 aliphatic heterocycles. The molecular formula is C26H31N5O3. The molecule has 1 N–H and O–H groups in total. The summed E-state index contributed by atoms with van der Waals surface area (Å²) in [6, 6.07) is 17.6. The van der Waals surface area contributed by atoms with Crippen LogP contribution in [-0.4, -0.2) is 49.2 Å². The molecule has 1 aliphatic rings. The van der Waals surface area contributed by atoms with Gasteiger partial charge in [-0.05, 0) is 42.8 Å². The molecule has 178 valence electrons. The van der Waals surface area contributed by atoms with Crippen molar-refractivity contribution >= 4 is 23.4 Å². The first-order chi connectivity index (χ1) is 16.4. The van der Waals surface area contributed by atoms with Crippen LogP contribution >= 0.6 is 0 Å². The van der Waals surface area contributed by atoms with Crippen LogP contribution in [0, 0.1) is 0 Å². The molecule has 1 aromatic heterocycles. The van der Waals surface area contributed by atoms with Crippen LogP contribution in [0.15, 0.2) is 60.8 Å². The molecule has 4 rings (SSSR count). The Balaban J connectivity index is 1.38. The van der Waals surface area contributed by atoms with E-state index >= 15 is 0 Å². The first kappa shape index (κ1) is 23.4. The van der Waals surface area contributed by atoms with Crippen molar-refractivity contribution in [2.75, 3.05) is 37.0 Å². The number of anilines is 3. The van der Waals surface area contributed by atoms with Gasteiger partial charge in [0, 0.05) is 44.9 Å². The van der Waals surface area contributed by atoms with Gasteiger partial charge in [0.2, 0.25) is 11.9 Å². The quantitative estimate of drug-likeness (QED) is 0.541. The third kappa shape index (κ3) is 5.57. The van der Waals surface area contributed by atoms with Crippen LogP contribution in [0.4, 0.5) is 17.5 Å². The van der Waals surface area contributed by atoms with Gasteiger partial charge >= 0.3 is 0 Å². The van der Waals surface area contributed by atoms with Gasteiger partial charge in [0.1, 0.15) is 23.4 Å². The van der Waals surface area contributed by atoms with Gasteiger partial charge in [-0.15, -0.1) is 0 Å². The Bertz CT molecular complexity index is 1120. The predicted molar refractivity (Wildman–Crippen MR) is 133 cm³/mol. The van der Waals surface area contributed by atoms with E-state index in [4.69, 9.17) is 14.5 Å². The fraction of sp³-hybridized carbons (Fsp3) is 0.346. The number of nitrogens with zero attached hydrogens (tertiary/aromatic N) is 4. The Labute approximate surface area is 200 Å². The highest BCUT2D eigenvalue weighted by Crippen LogP contribution is 2.27. The zero-order chi connectivity index (χ0) is 24.1. The number of hydrogen-bond acceptors (Lipinski definition) is 7. The second kappa shape index (κ2) is 10.4. The molecule has 0 radical (unpaired) electrons. The number of aromatic nitrogens is 2. The van der Waals surface area contributed by atoms with E-state index in [1.807, 2.05) is 73.5 Å². The molecule has 2 atom stereocenters. The summed E-state index contributed by atoms with van der Waals surface area (Å²) in [5.41, 5.74) is 2.00. The minimum absolute atomic E-state index is 0.0319. The summed E-state index contributed by atoms with van der Waals surface area (Å²) in [5.74, 6) is 3.08. The Hall–Kier alpha value is -3.81. The molecule has 2 heterocycles. The normalized spacial score (nSPS) is 16.1. The summed E-state index contributed by atoms with van der Waals surface area (Å²) in [6.45, 7) is 5.11. The largest absolute Gasteiger partial charge is 0.497 e. The molecule has 34 heavy (non-hydrogen) atoms. The van der Waals surface area contributed by atoms with Gasteiger partial charge in [-0.3, -0.25) is 4.79 Å². The first-order valence-electron chi connectivity index (χ1n) is 11.4. The van der Waals surface area contributed by atoms with E-state index in [1.165, 1.54) is 6.92 Å². The van der Waals surface area contributed by atoms with Crippen molar-refractivity contribution in [2.24, 2.45) is 0 Å². The number of amides is 1. The Kier molecular flexibility index (Phi) is 7.15. The number of benzene rings is 2. The maximum atomic E-state index is 11.3. The Morgan fingerprint density at radius 3 is 2.71 bits per heavy atom. The molecule has 1 saturated heterocycles. The summed E-state index contributed by atoms with van der Waals surface area (Å²) < 4.78 is 11.6. The fourth-order valence-electron chi connectivity index (χ4n) is 4.06. The maximum Gasteiger partial charge on any atom is 0.231 e. The average Bonchev–Trinajstić information content (AvgIpc) is 3.32. The molecule has 0 bridgehead atoms. The average molecular weight is 462 g/mol. The number of hydrogen-bond donors (Lipinski definition) is 1. The van der Waals surface area contributed by atoms with Crippen LogP contribution in [0.5, 0.6) is 11.5 Å². The number of methoxy groups -OCH3 is 1. The maximum absolute atomic E-state index is 11.3. The van der Waals surface area contributed by atoms with Crippen molar-refractivity contribution in [1.82, 2.24) is 15.3 Å². The molecular weight excluding hydrogens is 430 g/mol.